The average molecular weight is 205 g/mol. The van der Waals surface area contributed by atoms with Gasteiger partial charge in [0.15, 0.2) is 0 Å². The number of amides is 1. The number of halogens is 1. The van der Waals surface area contributed by atoms with Crippen LogP contribution in [0.1, 0.15) is 12.8 Å². The molecule has 0 atom stereocenters. The molecule has 1 heterocycles. The van der Waals surface area contributed by atoms with Crippen molar-refractivity contribution in [3.8, 4) is 0 Å². The Hall–Kier alpha value is -0.280. The first-order valence-corrected chi connectivity index (χ1v) is 5.30. The maximum atomic E-state index is 11.1. The van der Waals surface area contributed by atoms with Crippen molar-refractivity contribution < 1.29 is 4.79 Å². The largest absolute Gasteiger partial charge is 0.343 e. The van der Waals surface area contributed by atoms with Gasteiger partial charge in [-0.1, -0.05) is 0 Å². The van der Waals surface area contributed by atoms with Gasteiger partial charge in [0.25, 0.3) is 0 Å². The van der Waals surface area contributed by atoms with E-state index in [-0.39, 0.29) is 11.8 Å². The van der Waals surface area contributed by atoms with Crippen molar-refractivity contribution >= 4 is 17.5 Å². The molecule has 0 unspecified atom stereocenters. The number of hydrogen-bond donors (Lipinski definition) is 0. The summed E-state index contributed by atoms with van der Waals surface area (Å²) in [6, 6.07) is 0. The highest BCUT2D eigenvalue weighted by atomic mass is 35.5. The summed E-state index contributed by atoms with van der Waals surface area (Å²) in [7, 11) is 1.81. The fourth-order valence-corrected chi connectivity index (χ4v) is 1.73. The lowest BCUT2D eigenvalue weighted by Gasteiger charge is -2.20. The third-order valence-electron chi connectivity index (χ3n) is 2.49. The predicted octanol–water partition coefficient (Wildman–Crippen LogP) is 0.779. The van der Waals surface area contributed by atoms with Crippen LogP contribution in [-0.2, 0) is 4.79 Å². The van der Waals surface area contributed by atoms with Crippen molar-refractivity contribution in [2.45, 2.75) is 12.8 Å². The van der Waals surface area contributed by atoms with Crippen molar-refractivity contribution in [1.29, 1.82) is 0 Å². The van der Waals surface area contributed by atoms with Gasteiger partial charge < -0.3 is 9.80 Å². The second kappa shape index (κ2) is 5.45. The zero-order chi connectivity index (χ0) is 9.68. The SMILES string of the molecule is CN(CCN1CCCC1)C(=O)CCl. The van der Waals surface area contributed by atoms with E-state index in [0.717, 1.165) is 13.1 Å². The number of alkyl halides is 1. The molecule has 1 fully saturated rings. The van der Waals surface area contributed by atoms with Crippen molar-refractivity contribution in [2.75, 3.05) is 39.1 Å². The number of rotatable bonds is 4. The summed E-state index contributed by atoms with van der Waals surface area (Å²) in [5.41, 5.74) is 0. The van der Waals surface area contributed by atoms with Gasteiger partial charge in [0.05, 0.1) is 0 Å². The first kappa shape index (κ1) is 10.8. The van der Waals surface area contributed by atoms with Crippen molar-refractivity contribution in [3.63, 3.8) is 0 Å². The van der Waals surface area contributed by atoms with Crippen LogP contribution < -0.4 is 0 Å². The Bertz CT molecular complexity index is 169. The molecule has 3 nitrogen and oxygen atoms in total. The van der Waals surface area contributed by atoms with Gasteiger partial charge in [0, 0.05) is 20.1 Å². The van der Waals surface area contributed by atoms with Crippen LogP contribution in [0.3, 0.4) is 0 Å². The standard InChI is InChI=1S/C9H17ClN2O/c1-11(9(13)8-10)6-7-12-4-2-3-5-12/h2-8H2,1H3. The normalized spacial score (nSPS) is 17.7. The van der Waals surface area contributed by atoms with E-state index < -0.39 is 0 Å². The molecular formula is C9H17ClN2O. The fraction of sp³-hybridized carbons (Fsp3) is 0.889. The summed E-state index contributed by atoms with van der Waals surface area (Å²) >= 11 is 5.44. The van der Waals surface area contributed by atoms with Gasteiger partial charge in [-0.25, -0.2) is 0 Å². The van der Waals surface area contributed by atoms with Crippen LogP contribution in [0, 0.1) is 0 Å². The molecule has 1 amide bonds. The Balaban J connectivity index is 2.13. The van der Waals surface area contributed by atoms with E-state index in [9.17, 15) is 4.79 Å². The van der Waals surface area contributed by atoms with Gasteiger partial charge in [-0.15, -0.1) is 11.6 Å². The lowest BCUT2D eigenvalue weighted by molar-refractivity contribution is -0.127. The second-order valence-corrected chi connectivity index (χ2v) is 3.76. The molecule has 0 aromatic carbocycles. The van der Waals surface area contributed by atoms with Crippen LogP contribution in [0.2, 0.25) is 0 Å². The van der Waals surface area contributed by atoms with Crippen LogP contribution in [0.25, 0.3) is 0 Å². The summed E-state index contributed by atoms with van der Waals surface area (Å²) in [6.45, 7) is 4.15. The molecule has 0 saturated carbocycles. The van der Waals surface area contributed by atoms with Crippen LogP contribution in [0.5, 0.6) is 0 Å². The van der Waals surface area contributed by atoms with Gasteiger partial charge >= 0.3 is 0 Å². The van der Waals surface area contributed by atoms with Gasteiger partial charge in [-0.3, -0.25) is 4.79 Å². The molecule has 0 bridgehead atoms. The molecule has 1 saturated heterocycles. The Labute approximate surface area is 84.6 Å². The monoisotopic (exact) mass is 204 g/mol. The minimum atomic E-state index is 0.0147. The Morgan fingerprint density at radius 3 is 2.62 bits per heavy atom. The number of carbonyl (C=O) groups is 1. The van der Waals surface area contributed by atoms with E-state index in [1.54, 1.807) is 11.9 Å². The van der Waals surface area contributed by atoms with E-state index in [0.29, 0.717) is 0 Å². The molecule has 0 aromatic heterocycles. The Morgan fingerprint density at radius 1 is 1.46 bits per heavy atom. The quantitative estimate of drug-likeness (QED) is 0.632. The molecule has 1 aliphatic rings. The number of nitrogens with zero attached hydrogens (tertiary/aromatic N) is 2. The molecule has 0 radical (unpaired) electrons. The van der Waals surface area contributed by atoms with Gasteiger partial charge in [0.1, 0.15) is 5.88 Å². The van der Waals surface area contributed by atoms with E-state index >= 15 is 0 Å². The molecular weight excluding hydrogens is 188 g/mol. The molecule has 4 heteroatoms. The predicted molar refractivity (Wildman–Crippen MR) is 54.0 cm³/mol. The molecule has 76 valence electrons. The van der Waals surface area contributed by atoms with Gasteiger partial charge in [-0.05, 0) is 25.9 Å². The second-order valence-electron chi connectivity index (χ2n) is 3.50. The molecule has 1 rings (SSSR count). The molecule has 0 aliphatic carbocycles. The number of likely N-dealkylation sites (N-methyl/N-ethyl adjacent to an activating group) is 1. The first-order chi connectivity index (χ1) is 6.24. The van der Waals surface area contributed by atoms with E-state index in [4.69, 9.17) is 11.6 Å². The Morgan fingerprint density at radius 2 is 2.08 bits per heavy atom. The zero-order valence-corrected chi connectivity index (χ0v) is 8.89. The number of hydrogen-bond acceptors (Lipinski definition) is 2. The zero-order valence-electron chi connectivity index (χ0n) is 8.13. The lowest BCUT2D eigenvalue weighted by Crippen LogP contribution is -2.35. The van der Waals surface area contributed by atoms with Crippen molar-refractivity contribution in [3.05, 3.63) is 0 Å². The van der Waals surface area contributed by atoms with Crippen LogP contribution in [0.15, 0.2) is 0 Å². The molecule has 0 aromatic rings. The first-order valence-electron chi connectivity index (χ1n) is 4.76. The minimum absolute atomic E-state index is 0.0147. The minimum Gasteiger partial charge on any atom is -0.343 e. The molecule has 13 heavy (non-hydrogen) atoms. The summed E-state index contributed by atoms with van der Waals surface area (Å²) < 4.78 is 0. The van der Waals surface area contributed by atoms with Crippen molar-refractivity contribution in [1.82, 2.24) is 9.80 Å². The highest BCUT2D eigenvalue weighted by molar-refractivity contribution is 6.27. The third-order valence-corrected chi connectivity index (χ3v) is 2.72. The number of likely N-dealkylation sites (tertiary alicyclic amines) is 1. The average Bonchev–Trinajstić information content (AvgIpc) is 2.65. The van der Waals surface area contributed by atoms with E-state index in [2.05, 4.69) is 4.90 Å². The maximum Gasteiger partial charge on any atom is 0.237 e. The molecule has 0 spiro atoms. The fourth-order valence-electron chi connectivity index (χ4n) is 1.52. The highest BCUT2D eigenvalue weighted by Crippen LogP contribution is 2.06. The molecule has 1 aliphatic heterocycles. The van der Waals surface area contributed by atoms with Crippen molar-refractivity contribution in [2.24, 2.45) is 0 Å². The summed E-state index contributed by atoms with van der Waals surface area (Å²) in [5, 5.41) is 0. The van der Waals surface area contributed by atoms with E-state index in [1.165, 1.54) is 25.9 Å². The van der Waals surface area contributed by atoms with Gasteiger partial charge in [-0.2, -0.15) is 0 Å². The highest BCUT2D eigenvalue weighted by Gasteiger charge is 2.13. The molecule has 0 N–H and O–H groups in total. The summed E-state index contributed by atoms with van der Waals surface area (Å²) in [6.07, 6.45) is 2.60. The van der Waals surface area contributed by atoms with Gasteiger partial charge in [0.2, 0.25) is 5.91 Å². The van der Waals surface area contributed by atoms with E-state index in [1.807, 2.05) is 0 Å². The Kier molecular flexibility index (Phi) is 4.53. The topological polar surface area (TPSA) is 23.6 Å². The maximum absolute atomic E-state index is 11.1. The lowest BCUT2D eigenvalue weighted by atomic mass is 10.4. The van der Waals surface area contributed by atoms with Crippen LogP contribution in [0.4, 0.5) is 0 Å². The van der Waals surface area contributed by atoms with Crippen LogP contribution in [-0.4, -0.2) is 54.8 Å². The summed E-state index contributed by atoms with van der Waals surface area (Å²) in [4.78, 5) is 15.2. The van der Waals surface area contributed by atoms with Crippen LogP contribution >= 0.6 is 11.6 Å². The number of carbonyl (C=O) groups excluding carboxylic acids is 1. The third kappa shape index (κ3) is 3.53. The summed E-state index contributed by atoms with van der Waals surface area (Å²) in [5.74, 6) is 0.108. The smallest absolute Gasteiger partial charge is 0.237 e.